The molecular formula is C28H29ClN2O. The minimum Gasteiger partial charge on any atom is -0.339 e. The molecule has 4 heteroatoms. The molecule has 0 unspecified atom stereocenters. The Bertz CT molecular complexity index is 1090. The molecule has 1 spiro atoms. The van der Waals surface area contributed by atoms with Crippen LogP contribution in [0.2, 0.25) is 5.02 Å². The molecule has 0 atom stereocenters. The van der Waals surface area contributed by atoms with Crippen LogP contribution in [-0.4, -0.2) is 41.9 Å². The SMILES string of the molecule is O=C(c1ccccc1Cl)N1CCC2(CC1)CN(CCc1ccccc1)Cc1ccccc12. The Balaban J connectivity index is 1.33. The zero-order valence-corrected chi connectivity index (χ0v) is 19.1. The molecule has 0 aliphatic carbocycles. The summed E-state index contributed by atoms with van der Waals surface area (Å²) in [5.74, 6) is 0.0514. The third-order valence-corrected chi connectivity index (χ3v) is 7.51. The van der Waals surface area contributed by atoms with Crippen LogP contribution in [0.3, 0.4) is 0 Å². The van der Waals surface area contributed by atoms with Gasteiger partial charge in [-0.25, -0.2) is 0 Å². The van der Waals surface area contributed by atoms with Crippen LogP contribution < -0.4 is 0 Å². The summed E-state index contributed by atoms with van der Waals surface area (Å²) in [4.78, 5) is 17.7. The largest absolute Gasteiger partial charge is 0.339 e. The molecule has 2 heterocycles. The lowest BCUT2D eigenvalue weighted by atomic mass is 9.68. The third kappa shape index (κ3) is 4.20. The number of rotatable bonds is 4. The minimum absolute atomic E-state index is 0.0514. The van der Waals surface area contributed by atoms with Crippen molar-refractivity contribution in [2.45, 2.75) is 31.2 Å². The summed E-state index contributed by atoms with van der Waals surface area (Å²) in [6, 6.07) is 27.0. The van der Waals surface area contributed by atoms with Gasteiger partial charge >= 0.3 is 0 Å². The molecule has 0 saturated carbocycles. The number of hydrogen-bond acceptors (Lipinski definition) is 2. The average Bonchev–Trinajstić information content (AvgIpc) is 2.84. The predicted octanol–water partition coefficient (Wildman–Crippen LogP) is 5.57. The number of carbonyl (C=O) groups excluding carboxylic acids is 1. The van der Waals surface area contributed by atoms with Crippen LogP contribution in [0.15, 0.2) is 78.9 Å². The molecular weight excluding hydrogens is 416 g/mol. The molecule has 0 N–H and O–H groups in total. The normalized spacial score (nSPS) is 17.8. The standard InChI is InChI=1S/C28H29ClN2O/c29-26-13-7-5-11-24(26)27(32)31-18-15-28(16-19-31)21-30(17-14-22-8-2-1-3-9-22)20-23-10-4-6-12-25(23)28/h1-13H,14-21H2. The maximum Gasteiger partial charge on any atom is 0.255 e. The molecule has 1 saturated heterocycles. The maximum atomic E-state index is 13.1. The molecule has 0 bridgehead atoms. The number of likely N-dealkylation sites (tertiary alicyclic amines) is 1. The van der Waals surface area contributed by atoms with E-state index in [0.717, 1.165) is 52.0 Å². The van der Waals surface area contributed by atoms with Crippen molar-refractivity contribution < 1.29 is 4.79 Å². The van der Waals surface area contributed by atoms with Gasteiger partial charge in [-0.2, -0.15) is 0 Å². The molecule has 5 rings (SSSR count). The van der Waals surface area contributed by atoms with Crippen molar-refractivity contribution in [2.24, 2.45) is 0 Å². The Morgan fingerprint density at radius 1 is 0.875 bits per heavy atom. The van der Waals surface area contributed by atoms with Gasteiger partial charge in [0.25, 0.3) is 5.91 Å². The number of piperidine rings is 1. The number of benzene rings is 3. The highest BCUT2D eigenvalue weighted by molar-refractivity contribution is 6.33. The van der Waals surface area contributed by atoms with Crippen molar-refractivity contribution in [2.75, 3.05) is 26.2 Å². The minimum atomic E-state index is 0.0514. The molecule has 3 aromatic rings. The van der Waals surface area contributed by atoms with Crippen molar-refractivity contribution in [1.29, 1.82) is 0 Å². The Morgan fingerprint density at radius 3 is 2.34 bits per heavy atom. The van der Waals surface area contributed by atoms with E-state index < -0.39 is 0 Å². The number of nitrogens with zero attached hydrogens (tertiary/aromatic N) is 2. The van der Waals surface area contributed by atoms with E-state index in [-0.39, 0.29) is 11.3 Å². The highest BCUT2D eigenvalue weighted by atomic mass is 35.5. The third-order valence-electron chi connectivity index (χ3n) is 7.18. The monoisotopic (exact) mass is 444 g/mol. The fourth-order valence-corrected chi connectivity index (χ4v) is 5.66. The van der Waals surface area contributed by atoms with E-state index in [9.17, 15) is 4.79 Å². The van der Waals surface area contributed by atoms with Gasteiger partial charge < -0.3 is 4.90 Å². The molecule has 1 amide bonds. The first-order chi connectivity index (χ1) is 15.6. The van der Waals surface area contributed by atoms with E-state index in [2.05, 4.69) is 59.5 Å². The average molecular weight is 445 g/mol. The number of amides is 1. The Kier molecular flexibility index (Phi) is 6.03. The van der Waals surface area contributed by atoms with E-state index in [1.807, 2.05) is 23.1 Å². The van der Waals surface area contributed by atoms with Gasteiger partial charge in [-0.15, -0.1) is 0 Å². The Labute approximate surface area is 195 Å². The van der Waals surface area contributed by atoms with Gasteiger partial charge in [-0.05, 0) is 48.1 Å². The van der Waals surface area contributed by atoms with E-state index in [1.54, 1.807) is 6.07 Å². The zero-order chi connectivity index (χ0) is 22.0. The summed E-state index contributed by atoms with van der Waals surface area (Å²) >= 11 is 6.30. The fraction of sp³-hybridized carbons (Fsp3) is 0.321. The quantitative estimate of drug-likeness (QED) is 0.525. The van der Waals surface area contributed by atoms with E-state index in [1.165, 1.54) is 16.7 Å². The van der Waals surface area contributed by atoms with Crippen LogP contribution in [0.25, 0.3) is 0 Å². The summed E-state index contributed by atoms with van der Waals surface area (Å²) in [5, 5.41) is 0.535. The molecule has 32 heavy (non-hydrogen) atoms. The lowest BCUT2D eigenvalue weighted by Crippen LogP contribution is -2.53. The molecule has 164 valence electrons. The fourth-order valence-electron chi connectivity index (χ4n) is 5.45. The maximum absolute atomic E-state index is 13.1. The van der Waals surface area contributed by atoms with Gasteiger partial charge in [0.15, 0.2) is 0 Å². The smallest absolute Gasteiger partial charge is 0.255 e. The van der Waals surface area contributed by atoms with Gasteiger partial charge in [0, 0.05) is 38.1 Å². The molecule has 0 aromatic heterocycles. The number of carbonyl (C=O) groups is 1. The van der Waals surface area contributed by atoms with Crippen molar-refractivity contribution in [1.82, 2.24) is 9.80 Å². The number of fused-ring (bicyclic) bond motifs is 2. The van der Waals surface area contributed by atoms with Crippen molar-refractivity contribution >= 4 is 17.5 Å². The molecule has 0 radical (unpaired) electrons. The molecule has 2 aliphatic heterocycles. The molecule has 3 nitrogen and oxygen atoms in total. The van der Waals surface area contributed by atoms with Crippen molar-refractivity contribution in [3.63, 3.8) is 0 Å². The van der Waals surface area contributed by atoms with Gasteiger partial charge in [0.05, 0.1) is 10.6 Å². The molecule has 2 aliphatic rings. The highest BCUT2D eigenvalue weighted by Crippen LogP contribution is 2.42. The van der Waals surface area contributed by atoms with Crippen LogP contribution in [0.4, 0.5) is 0 Å². The Hall–Kier alpha value is -2.62. The van der Waals surface area contributed by atoms with Crippen molar-refractivity contribution in [3.8, 4) is 0 Å². The first-order valence-corrected chi connectivity index (χ1v) is 11.9. The van der Waals surface area contributed by atoms with E-state index >= 15 is 0 Å². The second-order valence-corrected chi connectivity index (χ2v) is 9.56. The second kappa shape index (κ2) is 9.09. The number of halogens is 1. The first-order valence-electron chi connectivity index (χ1n) is 11.5. The van der Waals surface area contributed by atoms with Crippen LogP contribution in [0, 0.1) is 0 Å². The van der Waals surface area contributed by atoms with E-state index in [4.69, 9.17) is 11.6 Å². The van der Waals surface area contributed by atoms with Gasteiger partial charge in [-0.3, -0.25) is 9.69 Å². The summed E-state index contributed by atoms with van der Waals surface area (Å²) in [7, 11) is 0. The van der Waals surface area contributed by atoms with Crippen LogP contribution in [-0.2, 0) is 18.4 Å². The first kappa shape index (κ1) is 21.2. The summed E-state index contributed by atoms with van der Waals surface area (Å²) in [6.07, 6.45) is 3.04. The Morgan fingerprint density at radius 2 is 1.56 bits per heavy atom. The van der Waals surface area contributed by atoms with Crippen LogP contribution in [0.5, 0.6) is 0 Å². The van der Waals surface area contributed by atoms with Gasteiger partial charge in [0.1, 0.15) is 0 Å². The molecule has 1 fully saturated rings. The number of hydrogen-bond donors (Lipinski definition) is 0. The van der Waals surface area contributed by atoms with Crippen LogP contribution in [0.1, 0.15) is 39.9 Å². The lowest BCUT2D eigenvalue weighted by Gasteiger charge is -2.49. The van der Waals surface area contributed by atoms with Gasteiger partial charge in [-0.1, -0.05) is 78.3 Å². The van der Waals surface area contributed by atoms with Gasteiger partial charge in [0.2, 0.25) is 0 Å². The zero-order valence-electron chi connectivity index (χ0n) is 18.3. The van der Waals surface area contributed by atoms with E-state index in [0.29, 0.717) is 10.6 Å². The summed E-state index contributed by atoms with van der Waals surface area (Å²) in [5.41, 5.74) is 5.04. The summed E-state index contributed by atoms with van der Waals surface area (Å²) in [6.45, 7) is 4.66. The highest BCUT2D eigenvalue weighted by Gasteiger charge is 2.42. The topological polar surface area (TPSA) is 23.6 Å². The van der Waals surface area contributed by atoms with Crippen LogP contribution >= 0.6 is 11.6 Å². The predicted molar refractivity (Wildman–Crippen MR) is 130 cm³/mol. The summed E-state index contributed by atoms with van der Waals surface area (Å²) < 4.78 is 0. The second-order valence-electron chi connectivity index (χ2n) is 9.16. The lowest BCUT2D eigenvalue weighted by molar-refractivity contribution is 0.0595. The molecule has 3 aromatic carbocycles. The van der Waals surface area contributed by atoms with Crippen molar-refractivity contribution in [3.05, 3.63) is 106 Å².